The van der Waals surface area contributed by atoms with Gasteiger partial charge in [0.1, 0.15) is 16.8 Å². The van der Waals surface area contributed by atoms with Crippen molar-refractivity contribution in [2.45, 2.75) is 19.4 Å². The van der Waals surface area contributed by atoms with Crippen LogP contribution in [-0.4, -0.2) is 16.8 Å². The van der Waals surface area contributed by atoms with Crippen molar-refractivity contribution in [1.29, 1.82) is 0 Å². The summed E-state index contributed by atoms with van der Waals surface area (Å²) in [4.78, 5) is 0. The maximum absolute atomic E-state index is 14.0. The molecule has 7 heteroatoms. The van der Waals surface area contributed by atoms with E-state index in [1.807, 2.05) is 6.92 Å². The molecule has 0 aliphatic carbocycles. The number of aryl methyl sites for hydroxylation is 2. The second-order valence-corrected chi connectivity index (χ2v) is 5.58. The normalized spacial score (nSPS) is 12.7. The van der Waals surface area contributed by atoms with Crippen molar-refractivity contribution in [1.82, 2.24) is 15.1 Å². The van der Waals surface area contributed by atoms with Gasteiger partial charge in [0.15, 0.2) is 0 Å². The van der Waals surface area contributed by atoms with Crippen LogP contribution in [0.3, 0.4) is 0 Å². The predicted octanol–water partition coefficient (Wildman–Crippen LogP) is 3.82. The van der Waals surface area contributed by atoms with Crippen LogP contribution in [0.15, 0.2) is 12.1 Å². The third-order valence-electron chi connectivity index (χ3n) is 3.44. The second kappa shape index (κ2) is 6.30. The van der Waals surface area contributed by atoms with Gasteiger partial charge in [-0.3, -0.25) is 4.68 Å². The second-order valence-electron chi connectivity index (χ2n) is 4.81. The molecular weight excluding hydrogens is 319 g/mol. The predicted molar refractivity (Wildman–Crippen MR) is 79.8 cm³/mol. The van der Waals surface area contributed by atoms with Gasteiger partial charge in [0.2, 0.25) is 0 Å². The first-order valence-electron chi connectivity index (χ1n) is 6.34. The zero-order valence-corrected chi connectivity index (χ0v) is 13.4. The van der Waals surface area contributed by atoms with E-state index in [1.54, 1.807) is 18.8 Å². The first-order valence-corrected chi connectivity index (χ1v) is 7.10. The highest BCUT2D eigenvalue weighted by molar-refractivity contribution is 6.30. The summed E-state index contributed by atoms with van der Waals surface area (Å²) in [6.07, 6.45) is 0.396. The maximum atomic E-state index is 14.0. The molecule has 1 aromatic heterocycles. The van der Waals surface area contributed by atoms with Crippen molar-refractivity contribution in [3.8, 4) is 0 Å². The Bertz CT molecular complexity index is 671. The van der Waals surface area contributed by atoms with Crippen molar-refractivity contribution < 1.29 is 8.78 Å². The average Bonchev–Trinajstić information content (AvgIpc) is 2.66. The molecule has 0 saturated carbocycles. The Balaban J connectivity index is 2.39. The lowest BCUT2D eigenvalue weighted by atomic mass is 9.99. The Hall–Kier alpha value is -1.17. The zero-order valence-electron chi connectivity index (χ0n) is 11.8. The van der Waals surface area contributed by atoms with Crippen LogP contribution in [-0.2, 0) is 13.5 Å². The largest absolute Gasteiger partial charge is 0.313 e. The van der Waals surface area contributed by atoms with Gasteiger partial charge in [0.25, 0.3) is 0 Å². The van der Waals surface area contributed by atoms with Gasteiger partial charge in [0, 0.05) is 24.2 Å². The van der Waals surface area contributed by atoms with Crippen LogP contribution >= 0.6 is 23.2 Å². The number of benzene rings is 1. The third-order valence-corrected chi connectivity index (χ3v) is 4.20. The number of nitrogens with one attached hydrogen (secondary N) is 1. The van der Waals surface area contributed by atoms with Gasteiger partial charge in [0.05, 0.1) is 10.7 Å². The first-order chi connectivity index (χ1) is 9.85. The quantitative estimate of drug-likeness (QED) is 0.862. The molecule has 2 rings (SSSR count). The summed E-state index contributed by atoms with van der Waals surface area (Å²) < 4.78 is 29.2. The van der Waals surface area contributed by atoms with Crippen LogP contribution in [0.25, 0.3) is 0 Å². The monoisotopic (exact) mass is 333 g/mol. The van der Waals surface area contributed by atoms with Gasteiger partial charge >= 0.3 is 0 Å². The number of nitrogens with zero attached hydrogens (tertiary/aromatic N) is 2. The van der Waals surface area contributed by atoms with Crippen LogP contribution in [0.5, 0.6) is 0 Å². The van der Waals surface area contributed by atoms with Crippen LogP contribution in [0.1, 0.15) is 22.9 Å². The molecule has 0 radical (unpaired) electrons. The minimum atomic E-state index is -0.651. The van der Waals surface area contributed by atoms with E-state index < -0.39 is 17.7 Å². The van der Waals surface area contributed by atoms with E-state index >= 15 is 0 Å². The Labute approximate surface area is 131 Å². The minimum absolute atomic E-state index is 0.207. The number of aromatic nitrogens is 2. The van der Waals surface area contributed by atoms with Gasteiger partial charge in [-0.25, -0.2) is 8.78 Å². The van der Waals surface area contributed by atoms with Crippen LogP contribution in [0.2, 0.25) is 10.2 Å². The van der Waals surface area contributed by atoms with Crippen molar-refractivity contribution in [3.63, 3.8) is 0 Å². The Morgan fingerprint density at radius 1 is 1.29 bits per heavy atom. The Morgan fingerprint density at radius 3 is 2.48 bits per heavy atom. The molecule has 0 spiro atoms. The molecule has 1 unspecified atom stereocenters. The van der Waals surface area contributed by atoms with Crippen LogP contribution in [0.4, 0.5) is 8.78 Å². The van der Waals surface area contributed by atoms with Crippen LogP contribution in [0, 0.1) is 18.6 Å². The zero-order chi connectivity index (χ0) is 15.7. The van der Waals surface area contributed by atoms with E-state index in [0.29, 0.717) is 11.6 Å². The summed E-state index contributed by atoms with van der Waals surface area (Å²) in [5.74, 6) is -1.21. The summed E-state index contributed by atoms with van der Waals surface area (Å²) >= 11 is 11.8. The molecule has 0 fully saturated rings. The van der Waals surface area contributed by atoms with Gasteiger partial charge < -0.3 is 5.32 Å². The van der Waals surface area contributed by atoms with E-state index in [0.717, 1.165) is 23.4 Å². The Kier molecular flexibility index (Phi) is 4.86. The van der Waals surface area contributed by atoms with Gasteiger partial charge in [-0.1, -0.05) is 23.2 Å². The number of hydrogen-bond donors (Lipinski definition) is 1. The van der Waals surface area contributed by atoms with Crippen molar-refractivity contribution in [3.05, 3.63) is 50.8 Å². The Morgan fingerprint density at radius 2 is 1.95 bits per heavy atom. The summed E-state index contributed by atoms with van der Waals surface area (Å²) in [7, 11) is 3.41. The van der Waals surface area contributed by atoms with Crippen molar-refractivity contribution in [2.75, 3.05) is 7.05 Å². The summed E-state index contributed by atoms with van der Waals surface area (Å²) in [5.41, 5.74) is 1.77. The molecule has 114 valence electrons. The fourth-order valence-electron chi connectivity index (χ4n) is 2.28. The molecule has 1 aromatic carbocycles. The van der Waals surface area contributed by atoms with E-state index in [2.05, 4.69) is 10.4 Å². The lowest BCUT2D eigenvalue weighted by molar-refractivity contribution is 0.522. The lowest BCUT2D eigenvalue weighted by Gasteiger charge is -2.18. The molecule has 1 heterocycles. The molecule has 1 atom stereocenters. The highest BCUT2D eigenvalue weighted by atomic mass is 35.5. The van der Waals surface area contributed by atoms with Crippen molar-refractivity contribution >= 4 is 23.2 Å². The average molecular weight is 334 g/mol. The number of rotatable bonds is 4. The maximum Gasteiger partial charge on any atom is 0.142 e. The smallest absolute Gasteiger partial charge is 0.142 e. The number of hydrogen-bond acceptors (Lipinski definition) is 2. The number of halogens is 4. The first kappa shape index (κ1) is 16.2. The molecule has 0 saturated heterocycles. The number of likely N-dealkylation sites (N-methyl/N-ethyl adjacent to an activating group) is 1. The van der Waals surface area contributed by atoms with Gasteiger partial charge in [-0.05, 0) is 32.5 Å². The third kappa shape index (κ3) is 3.20. The molecule has 2 aromatic rings. The molecule has 21 heavy (non-hydrogen) atoms. The molecule has 1 N–H and O–H groups in total. The van der Waals surface area contributed by atoms with Crippen molar-refractivity contribution in [2.24, 2.45) is 7.05 Å². The fourth-order valence-corrected chi connectivity index (χ4v) is 2.68. The van der Waals surface area contributed by atoms with Gasteiger partial charge in [-0.2, -0.15) is 5.10 Å². The van der Waals surface area contributed by atoms with E-state index in [9.17, 15) is 8.78 Å². The lowest BCUT2D eigenvalue weighted by Crippen LogP contribution is -2.20. The summed E-state index contributed by atoms with van der Waals surface area (Å²) in [6.45, 7) is 1.83. The molecule has 0 aliphatic heterocycles. The molecular formula is C14H15Cl2F2N3. The van der Waals surface area contributed by atoms with Gasteiger partial charge in [-0.15, -0.1) is 0 Å². The van der Waals surface area contributed by atoms with E-state index in [1.165, 1.54) is 0 Å². The van der Waals surface area contributed by atoms with Crippen LogP contribution < -0.4 is 5.32 Å². The standard InChI is InChI=1S/C14H15Cl2F2N3/c1-7-8(14(16)21(3)20-7)5-13(19-2)9-4-12(18)10(15)6-11(9)17/h4,6,13,19H,5H2,1-3H3. The molecule has 0 amide bonds. The summed E-state index contributed by atoms with van der Waals surface area (Å²) in [6, 6.07) is 1.66. The SMILES string of the molecule is CNC(Cc1c(C)nn(C)c1Cl)c1cc(F)c(Cl)cc1F. The topological polar surface area (TPSA) is 29.9 Å². The van der Waals surface area contributed by atoms with E-state index in [-0.39, 0.29) is 10.6 Å². The molecule has 3 nitrogen and oxygen atoms in total. The highest BCUT2D eigenvalue weighted by Gasteiger charge is 2.21. The molecule has 0 bridgehead atoms. The molecule has 0 aliphatic rings. The highest BCUT2D eigenvalue weighted by Crippen LogP contribution is 2.29. The summed E-state index contributed by atoms with van der Waals surface area (Å²) in [5, 5.41) is 7.44. The fraction of sp³-hybridized carbons (Fsp3) is 0.357. The van der Waals surface area contributed by atoms with E-state index in [4.69, 9.17) is 23.2 Å². The minimum Gasteiger partial charge on any atom is -0.313 e.